The summed E-state index contributed by atoms with van der Waals surface area (Å²) in [6.45, 7) is 2.44. The number of nitro groups is 1. The van der Waals surface area contributed by atoms with Crippen LogP contribution in [0.1, 0.15) is 25.3 Å². The maximum Gasteiger partial charge on any atom is 0.296 e. The first-order valence-corrected chi connectivity index (χ1v) is 9.27. The molecule has 2 aromatic carbocycles. The first-order valence-electron chi connectivity index (χ1n) is 8.48. The van der Waals surface area contributed by atoms with E-state index >= 15 is 0 Å². The molecule has 8 heteroatoms. The molecule has 0 unspecified atom stereocenters. The van der Waals surface area contributed by atoms with E-state index in [0.29, 0.717) is 18.8 Å². The number of amides is 1. The van der Waals surface area contributed by atoms with Crippen LogP contribution >= 0.6 is 15.9 Å². The molecule has 0 saturated heterocycles. The molecule has 0 atom stereocenters. The van der Waals surface area contributed by atoms with Crippen LogP contribution in [0.15, 0.2) is 40.9 Å². The maximum absolute atomic E-state index is 12.1. The number of benzene rings is 2. The van der Waals surface area contributed by atoms with Gasteiger partial charge in [0, 0.05) is 6.42 Å². The Morgan fingerprint density at radius 2 is 2.04 bits per heavy atom. The highest BCUT2D eigenvalue weighted by molar-refractivity contribution is 9.10. The molecule has 0 saturated carbocycles. The number of nitrogens with one attached hydrogen (secondary N) is 1. The van der Waals surface area contributed by atoms with Crippen LogP contribution < -0.4 is 14.8 Å². The fourth-order valence-electron chi connectivity index (χ4n) is 2.40. The Morgan fingerprint density at radius 1 is 1.26 bits per heavy atom. The van der Waals surface area contributed by atoms with Crippen molar-refractivity contribution in [2.45, 2.75) is 26.2 Å². The van der Waals surface area contributed by atoms with Crippen molar-refractivity contribution in [1.82, 2.24) is 0 Å². The van der Waals surface area contributed by atoms with E-state index in [9.17, 15) is 14.9 Å². The van der Waals surface area contributed by atoms with Crippen molar-refractivity contribution in [2.75, 3.05) is 19.0 Å². The monoisotopic (exact) mass is 436 g/mol. The minimum absolute atomic E-state index is 0.143. The molecule has 0 aliphatic carbocycles. The van der Waals surface area contributed by atoms with E-state index in [2.05, 4.69) is 28.2 Å². The van der Waals surface area contributed by atoms with Gasteiger partial charge in [0.05, 0.1) is 29.2 Å². The first kappa shape index (κ1) is 20.7. The molecule has 0 heterocycles. The lowest BCUT2D eigenvalue weighted by Crippen LogP contribution is -2.14. The van der Waals surface area contributed by atoms with Crippen molar-refractivity contribution in [1.29, 1.82) is 0 Å². The average molecular weight is 437 g/mol. The van der Waals surface area contributed by atoms with Crippen molar-refractivity contribution in [3.8, 4) is 11.5 Å². The molecule has 1 amide bonds. The van der Waals surface area contributed by atoms with Gasteiger partial charge in [0.25, 0.3) is 5.69 Å². The predicted molar refractivity (Wildman–Crippen MR) is 107 cm³/mol. The van der Waals surface area contributed by atoms with Gasteiger partial charge in [-0.05, 0) is 58.6 Å². The Hall–Kier alpha value is -2.61. The largest absolute Gasteiger partial charge is 0.496 e. The second-order valence-corrected chi connectivity index (χ2v) is 6.61. The molecular formula is C19H21BrN2O5. The van der Waals surface area contributed by atoms with Crippen LogP contribution in [0.2, 0.25) is 0 Å². The Kier molecular flexibility index (Phi) is 7.60. The predicted octanol–water partition coefficient (Wildman–Crippen LogP) is 4.73. The highest BCUT2D eigenvalue weighted by atomic mass is 79.9. The number of aryl methyl sites for hydroxylation is 1. The van der Waals surface area contributed by atoms with Crippen molar-refractivity contribution in [3.05, 3.63) is 56.5 Å². The fourth-order valence-corrected chi connectivity index (χ4v) is 2.94. The zero-order chi connectivity index (χ0) is 19.8. The van der Waals surface area contributed by atoms with Crippen LogP contribution in [-0.2, 0) is 11.2 Å². The van der Waals surface area contributed by atoms with E-state index in [4.69, 9.17) is 9.47 Å². The van der Waals surface area contributed by atoms with E-state index < -0.39 is 4.92 Å². The smallest absolute Gasteiger partial charge is 0.296 e. The number of halogens is 1. The summed E-state index contributed by atoms with van der Waals surface area (Å²) in [4.78, 5) is 22.7. The summed E-state index contributed by atoms with van der Waals surface area (Å²) in [5, 5.41) is 13.7. The molecule has 2 aromatic rings. The number of hydrogen-bond donors (Lipinski definition) is 1. The van der Waals surface area contributed by atoms with Crippen LogP contribution in [-0.4, -0.2) is 24.5 Å². The van der Waals surface area contributed by atoms with Gasteiger partial charge in [0.15, 0.2) is 0 Å². The lowest BCUT2D eigenvalue weighted by atomic mass is 10.2. The minimum Gasteiger partial charge on any atom is -0.496 e. The quantitative estimate of drug-likeness (QED) is 0.348. The molecule has 0 aliphatic rings. The molecule has 0 spiro atoms. The normalized spacial score (nSPS) is 10.3. The molecule has 0 radical (unpaired) electrons. The molecular weight excluding hydrogens is 416 g/mol. The summed E-state index contributed by atoms with van der Waals surface area (Å²) < 4.78 is 11.5. The third kappa shape index (κ3) is 5.96. The van der Waals surface area contributed by atoms with Gasteiger partial charge in [-0.1, -0.05) is 13.0 Å². The number of carbonyl (C=O) groups is 1. The van der Waals surface area contributed by atoms with Crippen molar-refractivity contribution in [3.63, 3.8) is 0 Å². The van der Waals surface area contributed by atoms with Crippen LogP contribution in [0.3, 0.4) is 0 Å². The molecule has 0 aromatic heterocycles. The highest BCUT2D eigenvalue weighted by Crippen LogP contribution is 2.29. The summed E-state index contributed by atoms with van der Waals surface area (Å²) in [7, 11) is 1.42. The van der Waals surface area contributed by atoms with Crippen LogP contribution in [0.5, 0.6) is 11.5 Å². The second kappa shape index (κ2) is 9.91. The van der Waals surface area contributed by atoms with E-state index in [0.717, 1.165) is 16.6 Å². The first-order chi connectivity index (χ1) is 12.9. The summed E-state index contributed by atoms with van der Waals surface area (Å²) in [5.74, 6) is 0.762. The van der Waals surface area contributed by atoms with Crippen molar-refractivity contribution >= 4 is 33.2 Å². The van der Waals surface area contributed by atoms with Crippen LogP contribution in [0, 0.1) is 10.1 Å². The summed E-state index contributed by atoms with van der Waals surface area (Å²) in [6, 6.07) is 10.2. The number of rotatable bonds is 9. The third-order valence-corrected chi connectivity index (χ3v) is 4.51. The zero-order valence-corrected chi connectivity index (χ0v) is 16.7. The van der Waals surface area contributed by atoms with Gasteiger partial charge < -0.3 is 14.8 Å². The summed E-state index contributed by atoms with van der Waals surface area (Å²) in [6.07, 6.45) is 1.61. The van der Waals surface area contributed by atoms with Gasteiger partial charge in [-0.25, -0.2) is 0 Å². The van der Waals surface area contributed by atoms with E-state index in [1.165, 1.54) is 24.8 Å². The topological polar surface area (TPSA) is 90.7 Å². The SMILES string of the molecule is CCc1ccc(OCCCC(=O)Nc2ccc(OC)cc2[N+](=O)[O-])c(Br)c1. The van der Waals surface area contributed by atoms with Gasteiger partial charge in [-0.2, -0.15) is 0 Å². The highest BCUT2D eigenvalue weighted by Gasteiger charge is 2.17. The summed E-state index contributed by atoms with van der Waals surface area (Å²) in [5.41, 5.74) is 1.14. The standard InChI is InChI=1S/C19H21BrN2O5/c1-3-13-6-9-18(15(20)11-13)27-10-4-5-19(23)21-16-8-7-14(26-2)12-17(16)22(24)25/h6-9,11-12H,3-5,10H2,1-2H3,(H,21,23). The maximum atomic E-state index is 12.1. The van der Waals surface area contributed by atoms with E-state index in [1.807, 2.05) is 18.2 Å². The van der Waals surface area contributed by atoms with E-state index in [1.54, 1.807) is 6.07 Å². The lowest BCUT2D eigenvalue weighted by Gasteiger charge is -2.10. The Bertz CT molecular complexity index is 826. The van der Waals surface area contributed by atoms with Gasteiger partial charge in [0.1, 0.15) is 17.2 Å². The number of hydrogen-bond acceptors (Lipinski definition) is 5. The molecule has 2 rings (SSSR count). The number of anilines is 1. The van der Waals surface area contributed by atoms with Gasteiger partial charge in [-0.3, -0.25) is 14.9 Å². The molecule has 7 nitrogen and oxygen atoms in total. The van der Waals surface area contributed by atoms with Gasteiger partial charge in [0.2, 0.25) is 5.91 Å². The zero-order valence-electron chi connectivity index (χ0n) is 15.2. The molecule has 27 heavy (non-hydrogen) atoms. The number of carbonyl (C=O) groups excluding carboxylic acids is 1. The summed E-state index contributed by atoms with van der Waals surface area (Å²) >= 11 is 3.47. The van der Waals surface area contributed by atoms with Crippen molar-refractivity contribution in [2.24, 2.45) is 0 Å². The molecule has 0 bridgehead atoms. The van der Waals surface area contributed by atoms with Gasteiger partial charge >= 0.3 is 0 Å². The van der Waals surface area contributed by atoms with Crippen LogP contribution in [0.25, 0.3) is 0 Å². The van der Waals surface area contributed by atoms with E-state index in [-0.39, 0.29) is 23.7 Å². The Balaban J connectivity index is 1.85. The minimum atomic E-state index is -0.557. The van der Waals surface area contributed by atoms with Gasteiger partial charge in [-0.15, -0.1) is 0 Å². The molecule has 1 N–H and O–H groups in total. The number of methoxy groups -OCH3 is 1. The molecule has 0 fully saturated rings. The Labute approximate surface area is 166 Å². The fraction of sp³-hybridized carbons (Fsp3) is 0.316. The second-order valence-electron chi connectivity index (χ2n) is 5.76. The number of ether oxygens (including phenoxy) is 2. The number of nitro benzene ring substituents is 1. The average Bonchev–Trinajstić information content (AvgIpc) is 2.66. The molecule has 0 aliphatic heterocycles. The van der Waals surface area contributed by atoms with Crippen molar-refractivity contribution < 1.29 is 19.2 Å². The lowest BCUT2D eigenvalue weighted by molar-refractivity contribution is -0.384. The number of nitrogens with zero attached hydrogens (tertiary/aromatic N) is 1. The van der Waals surface area contributed by atoms with Crippen LogP contribution in [0.4, 0.5) is 11.4 Å². The Morgan fingerprint density at radius 3 is 2.67 bits per heavy atom. The third-order valence-electron chi connectivity index (χ3n) is 3.89. The molecule has 144 valence electrons.